The summed E-state index contributed by atoms with van der Waals surface area (Å²) in [6.07, 6.45) is 9.09. The molecule has 1 aliphatic heterocycles. The van der Waals surface area contributed by atoms with Crippen molar-refractivity contribution in [3.63, 3.8) is 0 Å². The van der Waals surface area contributed by atoms with Crippen LogP contribution in [0, 0.1) is 0 Å². The number of ether oxygens (including phenoxy) is 1. The van der Waals surface area contributed by atoms with Gasteiger partial charge < -0.3 is 4.74 Å². The van der Waals surface area contributed by atoms with Gasteiger partial charge in [-0.1, -0.05) is 42.5 Å². The zero-order valence-corrected chi connectivity index (χ0v) is 12.8. The molecule has 1 aromatic heterocycles. The second-order valence-electron chi connectivity index (χ2n) is 5.80. The minimum atomic E-state index is -0.246. The van der Waals surface area contributed by atoms with Gasteiger partial charge >= 0.3 is 0 Å². The topological polar surface area (TPSA) is 44.1 Å². The van der Waals surface area contributed by atoms with Crippen LogP contribution in [0.2, 0.25) is 10.2 Å². The first kappa shape index (κ1) is 14.4. The summed E-state index contributed by atoms with van der Waals surface area (Å²) in [6.45, 7) is 0.692. The second kappa shape index (κ2) is 5.66. The van der Waals surface area contributed by atoms with Crippen molar-refractivity contribution < 1.29 is 4.74 Å². The van der Waals surface area contributed by atoms with Gasteiger partial charge in [0, 0.05) is 12.6 Å². The molecule has 1 spiro atoms. The fourth-order valence-electron chi connectivity index (χ4n) is 3.47. The number of aromatic nitrogens is 2. The SMILES string of the molecule is O=c1c(Cl)c(Cl)ncn1C1CCOC2(CCCCC2)C1. The lowest BCUT2D eigenvalue weighted by atomic mass is 9.78. The molecule has 0 amide bonds. The minimum Gasteiger partial charge on any atom is -0.375 e. The average molecular weight is 317 g/mol. The van der Waals surface area contributed by atoms with Crippen molar-refractivity contribution in [2.75, 3.05) is 6.61 Å². The quantitative estimate of drug-likeness (QED) is 0.743. The first-order valence-corrected chi connectivity index (χ1v) is 7.93. The van der Waals surface area contributed by atoms with Crippen LogP contribution >= 0.6 is 23.2 Å². The lowest BCUT2D eigenvalue weighted by molar-refractivity contribution is -0.114. The van der Waals surface area contributed by atoms with Gasteiger partial charge in [-0.05, 0) is 25.7 Å². The number of nitrogens with zero attached hydrogens (tertiary/aromatic N) is 2. The molecular weight excluding hydrogens is 299 g/mol. The van der Waals surface area contributed by atoms with E-state index in [1.54, 1.807) is 4.57 Å². The van der Waals surface area contributed by atoms with Crippen molar-refractivity contribution in [3.8, 4) is 0 Å². The average Bonchev–Trinajstić information content (AvgIpc) is 2.46. The fourth-order valence-corrected chi connectivity index (χ4v) is 3.74. The zero-order chi connectivity index (χ0) is 14.2. The van der Waals surface area contributed by atoms with E-state index in [9.17, 15) is 4.79 Å². The Bertz CT molecular complexity index is 547. The Labute approximate surface area is 128 Å². The highest BCUT2D eigenvalue weighted by Crippen LogP contribution is 2.41. The van der Waals surface area contributed by atoms with E-state index < -0.39 is 0 Å². The molecular formula is C14H18Cl2N2O2. The van der Waals surface area contributed by atoms with Gasteiger partial charge in [-0.3, -0.25) is 9.36 Å². The van der Waals surface area contributed by atoms with Crippen molar-refractivity contribution in [1.82, 2.24) is 9.55 Å². The van der Waals surface area contributed by atoms with Crippen molar-refractivity contribution in [3.05, 3.63) is 26.9 Å². The Hall–Kier alpha value is -0.580. The molecule has 2 aliphatic rings. The molecule has 1 aromatic rings. The summed E-state index contributed by atoms with van der Waals surface area (Å²) < 4.78 is 7.69. The van der Waals surface area contributed by atoms with Gasteiger partial charge in [0.05, 0.1) is 11.9 Å². The maximum Gasteiger partial charge on any atom is 0.273 e. The molecule has 20 heavy (non-hydrogen) atoms. The van der Waals surface area contributed by atoms with Gasteiger partial charge in [0.1, 0.15) is 5.02 Å². The fraction of sp³-hybridized carbons (Fsp3) is 0.714. The molecule has 6 heteroatoms. The summed E-state index contributed by atoms with van der Waals surface area (Å²) in [7, 11) is 0. The Morgan fingerprint density at radius 2 is 2.05 bits per heavy atom. The van der Waals surface area contributed by atoms with Crippen LogP contribution in [0.4, 0.5) is 0 Å². The summed E-state index contributed by atoms with van der Waals surface area (Å²) in [6, 6.07) is 0.108. The number of halogens is 2. The molecule has 0 radical (unpaired) electrons. The molecule has 0 bridgehead atoms. The van der Waals surface area contributed by atoms with Crippen molar-refractivity contribution in [2.24, 2.45) is 0 Å². The van der Waals surface area contributed by atoms with Crippen molar-refractivity contribution in [2.45, 2.75) is 56.6 Å². The van der Waals surface area contributed by atoms with Gasteiger partial charge in [0.25, 0.3) is 5.56 Å². The van der Waals surface area contributed by atoms with Gasteiger partial charge in [0.15, 0.2) is 5.15 Å². The molecule has 1 unspecified atom stereocenters. The predicted octanol–water partition coefficient (Wildman–Crippen LogP) is 3.60. The monoisotopic (exact) mass is 316 g/mol. The third kappa shape index (κ3) is 2.61. The standard InChI is InChI=1S/C14H18Cl2N2O2/c15-11-12(16)17-9-18(13(11)19)10-4-7-20-14(8-10)5-2-1-3-6-14/h9-10H,1-8H2. The highest BCUT2D eigenvalue weighted by atomic mass is 35.5. The molecule has 2 heterocycles. The van der Waals surface area contributed by atoms with Crippen LogP contribution in [-0.4, -0.2) is 21.8 Å². The minimum absolute atomic E-state index is 0.0124. The largest absolute Gasteiger partial charge is 0.375 e. The highest BCUT2D eigenvalue weighted by Gasteiger charge is 2.39. The summed E-state index contributed by atoms with van der Waals surface area (Å²) in [5, 5.41) is 0.0886. The molecule has 4 nitrogen and oxygen atoms in total. The van der Waals surface area contributed by atoms with E-state index in [1.807, 2.05) is 0 Å². The lowest BCUT2D eigenvalue weighted by Gasteiger charge is -2.43. The molecule has 1 saturated carbocycles. The molecule has 110 valence electrons. The van der Waals surface area contributed by atoms with Crippen molar-refractivity contribution in [1.29, 1.82) is 0 Å². The van der Waals surface area contributed by atoms with Gasteiger partial charge in [-0.2, -0.15) is 0 Å². The molecule has 1 saturated heterocycles. The van der Waals surface area contributed by atoms with Crippen LogP contribution in [0.3, 0.4) is 0 Å². The Balaban J connectivity index is 1.87. The van der Waals surface area contributed by atoms with Crippen molar-refractivity contribution >= 4 is 23.2 Å². The molecule has 3 rings (SSSR count). The van der Waals surface area contributed by atoms with E-state index in [0.29, 0.717) is 6.61 Å². The summed E-state index contributed by atoms with van der Waals surface area (Å²) in [4.78, 5) is 16.2. The van der Waals surface area contributed by atoms with Gasteiger partial charge in [-0.15, -0.1) is 0 Å². The van der Waals surface area contributed by atoms with E-state index >= 15 is 0 Å². The molecule has 2 fully saturated rings. The van der Waals surface area contributed by atoms with Crippen LogP contribution in [0.15, 0.2) is 11.1 Å². The first-order valence-electron chi connectivity index (χ1n) is 7.17. The second-order valence-corrected chi connectivity index (χ2v) is 6.54. The van der Waals surface area contributed by atoms with E-state index in [1.165, 1.54) is 25.6 Å². The third-order valence-electron chi connectivity index (χ3n) is 4.52. The molecule has 0 N–H and O–H groups in total. The van der Waals surface area contributed by atoms with Crippen LogP contribution in [0.5, 0.6) is 0 Å². The smallest absolute Gasteiger partial charge is 0.273 e. The maximum atomic E-state index is 12.2. The number of hydrogen-bond acceptors (Lipinski definition) is 3. The van der Waals surface area contributed by atoms with Crippen LogP contribution in [0.1, 0.15) is 51.0 Å². The van der Waals surface area contributed by atoms with E-state index in [4.69, 9.17) is 27.9 Å². The number of hydrogen-bond donors (Lipinski definition) is 0. The van der Waals surface area contributed by atoms with E-state index in [0.717, 1.165) is 25.7 Å². The van der Waals surface area contributed by atoms with Crippen LogP contribution in [0.25, 0.3) is 0 Å². The van der Waals surface area contributed by atoms with Crippen LogP contribution in [-0.2, 0) is 4.74 Å². The highest BCUT2D eigenvalue weighted by molar-refractivity contribution is 6.40. The van der Waals surface area contributed by atoms with Crippen LogP contribution < -0.4 is 5.56 Å². The van der Waals surface area contributed by atoms with Gasteiger partial charge in [-0.25, -0.2) is 4.98 Å². The Morgan fingerprint density at radius 1 is 1.30 bits per heavy atom. The zero-order valence-electron chi connectivity index (χ0n) is 11.3. The lowest BCUT2D eigenvalue weighted by Crippen LogP contribution is -2.43. The molecule has 1 aliphatic carbocycles. The Kier molecular flexibility index (Phi) is 4.07. The van der Waals surface area contributed by atoms with E-state index in [-0.39, 0.29) is 27.4 Å². The van der Waals surface area contributed by atoms with E-state index in [2.05, 4.69) is 4.98 Å². The summed E-state index contributed by atoms with van der Waals surface area (Å²) >= 11 is 11.7. The first-order chi connectivity index (χ1) is 9.61. The third-order valence-corrected chi connectivity index (χ3v) is 5.25. The normalized spacial score (nSPS) is 25.8. The molecule has 0 aromatic carbocycles. The predicted molar refractivity (Wildman–Crippen MR) is 78.6 cm³/mol. The summed E-state index contributed by atoms with van der Waals surface area (Å²) in [5.41, 5.74) is -0.295. The maximum absolute atomic E-state index is 12.2. The molecule has 1 atom stereocenters. The Morgan fingerprint density at radius 3 is 2.80 bits per heavy atom. The summed E-state index contributed by atoms with van der Waals surface area (Å²) in [5.74, 6) is 0. The van der Waals surface area contributed by atoms with Gasteiger partial charge in [0.2, 0.25) is 0 Å². The number of rotatable bonds is 1.